The number of quaternary nitrogens is 1. The molecule has 0 aliphatic carbocycles. The minimum absolute atomic E-state index is 0.00391. The first-order valence-electron chi connectivity index (χ1n) is 10.2. The first-order valence-corrected chi connectivity index (χ1v) is 10.5. The number of nitrogens with one attached hydrogen (secondary N) is 2. The molecule has 0 aromatic heterocycles. The molecule has 0 atom stereocenters. The van der Waals surface area contributed by atoms with Crippen molar-refractivity contribution in [3.63, 3.8) is 0 Å². The van der Waals surface area contributed by atoms with E-state index >= 15 is 0 Å². The van der Waals surface area contributed by atoms with Gasteiger partial charge in [-0.3, -0.25) is 9.59 Å². The van der Waals surface area contributed by atoms with Crippen molar-refractivity contribution < 1.29 is 14.5 Å². The maximum atomic E-state index is 12.5. The summed E-state index contributed by atoms with van der Waals surface area (Å²) in [4.78, 5) is 28.0. The van der Waals surface area contributed by atoms with Gasteiger partial charge in [-0.25, -0.2) is 0 Å². The first-order chi connectivity index (χ1) is 13.9. The van der Waals surface area contributed by atoms with E-state index in [4.69, 9.17) is 11.6 Å². The molecule has 2 aromatic carbocycles. The molecule has 1 saturated heterocycles. The number of carbonyl (C=O) groups is 2. The van der Waals surface area contributed by atoms with E-state index < -0.39 is 0 Å². The van der Waals surface area contributed by atoms with Gasteiger partial charge in [-0.05, 0) is 23.6 Å². The maximum absolute atomic E-state index is 12.5. The molecular weight excluding hydrogens is 386 g/mol. The van der Waals surface area contributed by atoms with Gasteiger partial charge in [0.2, 0.25) is 5.91 Å². The second-order valence-corrected chi connectivity index (χ2v) is 8.27. The number of hydrogen-bond donors (Lipinski definition) is 2. The van der Waals surface area contributed by atoms with Crippen molar-refractivity contribution in [2.75, 3.05) is 32.7 Å². The van der Waals surface area contributed by atoms with Crippen molar-refractivity contribution >= 4 is 23.4 Å². The zero-order valence-corrected chi connectivity index (χ0v) is 17.8. The second kappa shape index (κ2) is 9.90. The minimum atomic E-state index is -0.321. The monoisotopic (exact) mass is 414 g/mol. The van der Waals surface area contributed by atoms with Gasteiger partial charge in [0.05, 0.1) is 43.3 Å². The third kappa shape index (κ3) is 5.81. The van der Waals surface area contributed by atoms with Gasteiger partial charge in [-0.2, -0.15) is 0 Å². The number of benzene rings is 2. The number of halogens is 1. The van der Waals surface area contributed by atoms with Crippen LogP contribution in [0.4, 0.5) is 0 Å². The number of piperazine rings is 1. The maximum Gasteiger partial charge on any atom is 0.253 e. The molecule has 0 unspecified atom stereocenters. The standard InChI is InChI=1S/C23H28ClN3O2/c1-17(2)19-9-7-18(8-10-19)16-26-11-13-27(14-12-26)22(28)15-25-23(29)20-5-3-4-6-21(20)24/h3-10,17H,11-16H2,1-2H3,(H,25,29)/p+1. The molecule has 2 N–H and O–H groups in total. The highest BCUT2D eigenvalue weighted by molar-refractivity contribution is 6.33. The van der Waals surface area contributed by atoms with E-state index in [1.54, 1.807) is 24.3 Å². The lowest BCUT2D eigenvalue weighted by atomic mass is 10.0. The predicted octanol–water partition coefficient (Wildman–Crippen LogP) is 2.12. The number of carbonyl (C=O) groups excluding carboxylic acids is 2. The Morgan fingerprint density at radius 2 is 1.72 bits per heavy atom. The number of nitrogens with zero attached hydrogens (tertiary/aromatic N) is 1. The molecule has 5 nitrogen and oxygen atoms in total. The molecule has 1 heterocycles. The smallest absolute Gasteiger partial charge is 0.253 e. The molecule has 3 rings (SSSR count). The molecule has 1 fully saturated rings. The molecule has 1 aliphatic rings. The van der Waals surface area contributed by atoms with E-state index in [0.717, 1.165) is 19.6 Å². The average Bonchev–Trinajstić information content (AvgIpc) is 2.73. The predicted molar refractivity (Wildman–Crippen MR) is 115 cm³/mol. The van der Waals surface area contributed by atoms with Crippen molar-refractivity contribution in [3.05, 3.63) is 70.2 Å². The Morgan fingerprint density at radius 1 is 1.07 bits per heavy atom. The third-order valence-corrected chi connectivity index (χ3v) is 5.77. The Hall–Kier alpha value is -2.37. The van der Waals surface area contributed by atoms with E-state index in [9.17, 15) is 9.59 Å². The summed E-state index contributed by atoms with van der Waals surface area (Å²) in [6.45, 7) is 8.62. The summed E-state index contributed by atoms with van der Waals surface area (Å²) in [6, 6.07) is 15.7. The summed E-state index contributed by atoms with van der Waals surface area (Å²) in [5, 5.41) is 3.07. The summed E-state index contributed by atoms with van der Waals surface area (Å²) < 4.78 is 0. The lowest BCUT2D eigenvalue weighted by Crippen LogP contribution is -3.13. The van der Waals surface area contributed by atoms with Crippen molar-refractivity contribution in [3.8, 4) is 0 Å². The summed E-state index contributed by atoms with van der Waals surface area (Å²) in [5.74, 6) is 0.174. The van der Waals surface area contributed by atoms with E-state index in [2.05, 4.69) is 43.4 Å². The van der Waals surface area contributed by atoms with Crippen LogP contribution >= 0.6 is 11.6 Å². The van der Waals surface area contributed by atoms with E-state index in [0.29, 0.717) is 29.6 Å². The highest BCUT2D eigenvalue weighted by atomic mass is 35.5. The Kier molecular flexibility index (Phi) is 7.29. The van der Waals surface area contributed by atoms with E-state index in [1.807, 2.05) is 4.90 Å². The van der Waals surface area contributed by atoms with Crippen molar-refractivity contribution in [1.82, 2.24) is 10.2 Å². The van der Waals surface area contributed by atoms with Crippen LogP contribution in [0, 0.1) is 0 Å². The molecule has 154 valence electrons. The van der Waals surface area contributed by atoms with Gasteiger partial charge in [-0.1, -0.05) is 61.8 Å². The number of amides is 2. The third-order valence-electron chi connectivity index (χ3n) is 5.44. The molecule has 1 aliphatic heterocycles. The lowest BCUT2D eigenvalue weighted by molar-refractivity contribution is -0.917. The van der Waals surface area contributed by atoms with E-state index in [1.165, 1.54) is 16.0 Å². The van der Waals surface area contributed by atoms with Crippen LogP contribution in [-0.2, 0) is 11.3 Å². The highest BCUT2D eigenvalue weighted by Crippen LogP contribution is 2.15. The van der Waals surface area contributed by atoms with Crippen LogP contribution in [-0.4, -0.2) is 49.4 Å². The van der Waals surface area contributed by atoms with Crippen LogP contribution in [0.1, 0.15) is 41.3 Å². The molecule has 6 heteroatoms. The van der Waals surface area contributed by atoms with Gasteiger partial charge in [0.25, 0.3) is 5.91 Å². The summed E-state index contributed by atoms with van der Waals surface area (Å²) in [5.41, 5.74) is 3.08. The fourth-order valence-corrected chi connectivity index (χ4v) is 3.79. The lowest BCUT2D eigenvalue weighted by Gasteiger charge is -2.32. The van der Waals surface area contributed by atoms with Gasteiger partial charge in [0.15, 0.2) is 0 Å². The summed E-state index contributed by atoms with van der Waals surface area (Å²) in [6.07, 6.45) is 0. The van der Waals surface area contributed by atoms with Crippen molar-refractivity contribution in [2.24, 2.45) is 0 Å². The Bertz CT molecular complexity index is 843. The van der Waals surface area contributed by atoms with Gasteiger partial charge in [0.1, 0.15) is 6.54 Å². The topological polar surface area (TPSA) is 53.9 Å². The molecule has 0 bridgehead atoms. The normalized spacial score (nSPS) is 14.8. The zero-order chi connectivity index (χ0) is 20.8. The van der Waals surface area contributed by atoms with Crippen LogP contribution in [0.2, 0.25) is 5.02 Å². The molecule has 0 radical (unpaired) electrons. The van der Waals surface area contributed by atoms with Gasteiger partial charge in [-0.15, -0.1) is 0 Å². The van der Waals surface area contributed by atoms with Crippen LogP contribution in [0.5, 0.6) is 0 Å². The number of hydrogen-bond acceptors (Lipinski definition) is 2. The van der Waals surface area contributed by atoms with E-state index in [-0.39, 0.29) is 18.4 Å². The highest BCUT2D eigenvalue weighted by Gasteiger charge is 2.24. The second-order valence-electron chi connectivity index (χ2n) is 7.87. The Balaban J connectivity index is 1.43. The minimum Gasteiger partial charge on any atom is -0.343 e. The molecule has 0 spiro atoms. The van der Waals surface area contributed by atoms with Gasteiger partial charge >= 0.3 is 0 Å². The van der Waals surface area contributed by atoms with Crippen LogP contribution in [0.15, 0.2) is 48.5 Å². The average molecular weight is 415 g/mol. The SMILES string of the molecule is CC(C)c1ccc(C[NH+]2CCN(C(=O)CNC(=O)c3ccccc3Cl)CC2)cc1. The van der Waals surface area contributed by atoms with Crippen LogP contribution in [0.3, 0.4) is 0 Å². The summed E-state index contributed by atoms with van der Waals surface area (Å²) in [7, 11) is 0. The Morgan fingerprint density at radius 3 is 2.34 bits per heavy atom. The molecule has 29 heavy (non-hydrogen) atoms. The van der Waals surface area contributed by atoms with Crippen molar-refractivity contribution in [1.29, 1.82) is 0 Å². The largest absolute Gasteiger partial charge is 0.343 e. The quantitative estimate of drug-likeness (QED) is 0.760. The zero-order valence-electron chi connectivity index (χ0n) is 17.1. The van der Waals surface area contributed by atoms with Gasteiger partial charge < -0.3 is 15.1 Å². The number of rotatable bonds is 6. The van der Waals surface area contributed by atoms with Crippen molar-refractivity contribution in [2.45, 2.75) is 26.3 Å². The Labute approximate surface area is 177 Å². The summed E-state index contributed by atoms with van der Waals surface area (Å²) >= 11 is 6.03. The molecule has 2 amide bonds. The fraction of sp³-hybridized carbons (Fsp3) is 0.391. The molecule has 0 saturated carbocycles. The molecular formula is C23H29ClN3O2+. The fourth-order valence-electron chi connectivity index (χ4n) is 3.57. The van der Waals surface area contributed by atoms with Gasteiger partial charge in [0, 0.05) is 5.56 Å². The van der Waals surface area contributed by atoms with Crippen LogP contribution in [0.25, 0.3) is 0 Å². The van der Waals surface area contributed by atoms with Crippen LogP contribution < -0.4 is 10.2 Å². The molecule has 2 aromatic rings. The first kappa shape index (κ1) is 21.3.